The molecule has 17 heavy (non-hydrogen) atoms. The van der Waals surface area contributed by atoms with Crippen molar-refractivity contribution in [2.45, 2.75) is 6.42 Å². The fraction of sp³-hybridized carbons (Fsp3) is 0.143. The Kier molecular flexibility index (Phi) is 3.67. The molecule has 0 amide bonds. The maximum Gasteiger partial charge on any atom is 0.0485 e. The number of nitrogens with two attached hydrogens (primary N) is 1. The lowest BCUT2D eigenvalue weighted by molar-refractivity contribution is 0.300. The maximum absolute atomic E-state index is 8.98. The lowest BCUT2D eigenvalue weighted by atomic mass is 9.99. The Morgan fingerprint density at radius 1 is 1.00 bits per heavy atom. The molecule has 0 unspecified atom stereocenters. The summed E-state index contributed by atoms with van der Waals surface area (Å²) in [6.45, 7) is 0.0934. The highest BCUT2D eigenvalue weighted by molar-refractivity contribution is 6.33. The molecule has 88 valence electrons. The van der Waals surface area contributed by atoms with Gasteiger partial charge in [-0.1, -0.05) is 48.0 Å². The highest BCUT2D eigenvalue weighted by atomic mass is 35.5. The standard InChI is InChI=1S/C14H14ClNO/c15-13-7-2-1-5-11(13)12-6-3-4-10(8-9-17)14(12)16/h1-7,17H,8-9,16H2. The van der Waals surface area contributed by atoms with Crippen LogP contribution in [0.5, 0.6) is 0 Å². The smallest absolute Gasteiger partial charge is 0.0485 e. The first kappa shape index (κ1) is 12.0. The first-order valence-electron chi connectivity index (χ1n) is 5.47. The summed E-state index contributed by atoms with van der Waals surface area (Å²) in [4.78, 5) is 0. The summed E-state index contributed by atoms with van der Waals surface area (Å²) in [5, 5.41) is 9.66. The summed E-state index contributed by atoms with van der Waals surface area (Å²) in [7, 11) is 0. The summed E-state index contributed by atoms with van der Waals surface area (Å²) in [6.07, 6.45) is 0.560. The summed E-state index contributed by atoms with van der Waals surface area (Å²) < 4.78 is 0. The molecule has 2 aromatic rings. The molecular formula is C14H14ClNO. The van der Waals surface area contributed by atoms with Crippen molar-refractivity contribution in [2.24, 2.45) is 0 Å². The zero-order valence-corrected chi connectivity index (χ0v) is 10.1. The number of hydrogen-bond acceptors (Lipinski definition) is 2. The fourth-order valence-electron chi connectivity index (χ4n) is 1.87. The van der Waals surface area contributed by atoms with E-state index in [2.05, 4.69) is 0 Å². The van der Waals surface area contributed by atoms with Gasteiger partial charge in [-0.3, -0.25) is 0 Å². The van der Waals surface area contributed by atoms with Gasteiger partial charge in [0, 0.05) is 28.4 Å². The van der Waals surface area contributed by atoms with E-state index in [9.17, 15) is 0 Å². The van der Waals surface area contributed by atoms with Crippen LogP contribution in [0.15, 0.2) is 42.5 Å². The molecule has 2 nitrogen and oxygen atoms in total. The predicted molar refractivity (Wildman–Crippen MR) is 72.1 cm³/mol. The second-order valence-corrected chi connectivity index (χ2v) is 4.24. The van der Waals surface area contributed by atoms with Crippen LogP contribution in [0.2, 0.25) is 5.02 Å². The Labute approximate surface area is 106 Å². The molecule has 3 N–H and O–H groups in total. The minimum atomic E-state index is 0.0934. The van der Waals surface area contributed by atoms with Crippen LogP contribution >= 0.6 is 11.6 Å². The van der Waals surface area contributed by atoms with Crippen LogP contribution < -0.4 is 5.73 Å². The molecule has 2 rings (SSSR count). The van der Waals surface area contributed by atoms with Crippen molar-refractivity contribution >= 4 is 17.3 Å². The number of rotatable bonds is 3. The molecule has 2 aromatic carbocycles. The third kappa shape index (κ3) is 2.43. The molecule has 0 spiro atoms. The van der Waals surface area contributed by atoms with E-state index in [4.69, 9.17) is 22.4 Å². The number of aliphatic hydroxyl groups excluding tert-OH is 1. The molecule has 0 saturated carbocycles. The third-order valence-electron chi connectivity index (χ3n) is 2.74. The Balaban J connectivity index is 2.53. The summed E-state index contributed by atoms with van der Waals surface area (Å²) in [6, 6.07) is 13.4. The van der Waals surface area contributed by atoms with E-state index in [1.165, 1.54) is 0 Å². The van der Waals surface area contributed by atoms with Gasteiger partial charge in [-0.2, -0.15) is 0 Å². The summed E-state index contributed by atoms with van der Waals surface area (Å²) in [5.74, 6) is 0. The van der Waals surface area contributed by atoms with Crippen molar-refractivity contribution in [3.05, 3.63) is 53.1 Å². The second-order valence-electron chi connectivity index (χ2n) is 3.83. The zero-order valence-electron chi connectivity index (χ0n) is 9.36. The number of halogens is 1. The van der Waals surface area contributed by atoms with Gasteiger partial charge in [0.2, 0.25) is 0 Å². The van der Waals surface area contributed by atoms with Crippen molar-refractivity contribution in [3.8, 4) is 11.1 Å². The maximum atomic E-state index is 8.98. The van der Waals surface area contributed by atoms with Crippen molar-refractivity contribution in [3.63, 3.8) is 0 Å². The molecule has 0 saturated heterocycles. The molecule has 0 heterocycles. The number of anilines is 1. The van der Waals surface area contributed by atoms with E-state index in [-0.39, 0.29) is 6.61 Å². The number of aliphatic hydroxyl groups is 1. The highest BCUT2D eigenvalue weighted by Gasteiger charge is 2.09. The van der Waals surface area contributed by atoms with Crippen LogP contribution in [-0.4, -0.2) is 11.7 Å². The van der Waals surface area contributed by atoms with Gasteiger partial charge in [-0.15, -0.1) is 0 Å². The first-order valence-corrected chi connectivity index (χ1v) is 5.85. The van der Waals surface area contributed by atoms with E-state index in [0.29, 0.717) is 17.1 Å². The number of benzene rings is 2. The molecule has 0 aliphatic carbocycles. The van der Waals surface area contributed by atoms with E-state index >= 15 is 0 Å². The van der Waals surface area contributed by atoms with E-state index < -0.39 is 0 Å². The van der Waals surface area contributed by atoms with Gasteiger partial charge in [-0.05, 0) is 18.1 Å². The van der Waals surface area contributed by atoms with Gasteiger partial charge in [0.05, 0.1) is 0 Å². The minimum absolute atomic E-state index is 0.0934. The van der Waals surface area contributed by atoms with Gasteiger partial charge >= 0.3 is 0 Å². The fourth-order valence-corrected chi connectivity index (χ4v) is 2.10. The van der Waals surface area contributed by atoms with Gasteiger partial charge in [0.1, 0.15) is 0 Å². The molecule has 3 heteroatoms. The van der Waals surface area contributed by atoms with E-state index in [1.54, 1.807) is 0 Å². The van der Waals surface area contributed by atoms with Crippen LogP contribution in [0.1, 0.15) is 5.56 Å². The third-order valence-corrected chi connectivity index (χ3v) is 3.07. The van der Waals surface area contributed by atoms with Crippen LogP contribution in [0.4, 0.5) is 5.69 Å². The van der Waals surface area contributed by atoms with Gasteiger partial charge in [-0.25, -0.2) is 0 Å². The molecule has 0 atom stereocenters. The Morgan fingerprint density at radius 3 is 2.41 bits per heavy atom. The monoisotopic (exact) mass is 247 g/mol. The number of nitrogen functional groups attached to an aromatic ring is 1. The van der Waals surface area contributed by atoms with Crippen molar-refractivity contribution in [1.82, 2.24) is 0 Å². The van der Waals surface area contributed by atoms with Crippen molar-refractivity contribution in [1.29, 1.82) is 0 Å². The van der Waals surface area contributed by atoms with E-state index in [1.807, 2.05) is 42.5 Å². The zero-order chi connectivity index (χ0) is 12.3. The number of para-hydroxylation sites is 1. The minimum Gasteiger partial charge on any atom is -0.398 e. The first-order chi connectivity index (χ1) is 8.24. The van der Waals surface area contributed by atoms with Crippen LogP contribution in [0.3, 0.4) is 0 Å². The van der Waals surface area contributed by atoms with Crippen LogP contribution in [-0.2, 0) is 6.42 Å². The lowest BCUT2D eigenvalue weighted by Crippen LogP contribution is -1.99. The normalized spacial score (nSPS) is 10.5. The molecule has 0 radical (unpaired) electrons. The second kappa shape index (κ2) is 5.21. The van der Waals surface area contributed by atoms with Crippen LogP contribution in [0.25, 0.3) is 11.1 Å². The Bertz CT molecular complexity index is 525. The quantitative estimate of drug-likeness (QED) is 0.819. The Morgan fingerprint density at radius 2 is 1.71 bits per heavy atom. The van der Waals surface area contributed by atoms with Crippen molar-refractivity contribution < 1.29 is 5.11 Å². The summed E-state index contributed by atoms with van der Waals surface area (Å²) >= 11 is 6.16. The largest absolute Gasteiger partial charge is 0.398 e. The topological polar surface area (TPSA) is 46.2 Å². The molecule has 0 aliphatic heterocycles. The molecule has 0 aliphatic rings. The van der Waals surface area contributed by atoms with Crippen molar-refractivity contribution in [2.75, 3.05) is 12.3 Å². The van der Waals surface area contributed by atoms with Gasteiger partial charge in [0.15, 0.2) is 0 Å². The molecule has 0 bridgehead atoms. The number of hydrogen-bond donors (Lipinski definition) is 2. The Hall–Kier alpha value is -1.51. The van der Waals surface area contributed by atoms with Crippen LogP contribution in [0, 0.1) is 0 Å². The predicted octanol–water partition coefficient (Wildman–Crippen LogP) is 3.12. The van der Waals surface area contributed by atoms with Gasteiger partial charge in [0.25, 0.3) is 0 Å². The van der Waals surface area contributed by atoms with Gasteiger partial charge < -0.3 is 10.8 Å². The summed E-state index contributed by atoms with van der Waals surface area (Å²) in [5.41, 5.74) is 9.58. The highest BCUT2D eigenvalue weighted by Crippen LogP contribution is 2.33. The molecule has 0 fully saturated rings. The molecule has 0 aromatic heterocycles. The average Bonchev–Trinajstić information content (AvgIpc) is 2.33. The van der Waals surface area contributed by atoms with E-state index in [0.717, 1.165) is 16.7 Å². The average molecular weight is 248 g/mol. The lowest BCUT2D eigenvalue weighted by Gasteiger charge is -2.11. The SMILES string of the molecule is Nc1c(CCO)cccc1-c1ccccc1Cl. The molecular weight excluding hydrogens is 234 g/mol.